The third-order valence-corrected chi connectivity index (χ3v) is 4.41. The normalized spacial score (nSPS) is 23.5. The van der Waals surface area contributed by atoms with Gasteiger partial charge in [0.2, 0.25) is 0 Å². The monoisotopic (exact) mass is 280 g/mol. The van der Waals surface area contributed by atoms with Gasteiger partial charge >= 0.3 is 0 Å². The molecule has 2 atom stereocenters. The Morgan fingerprint density at radius 1 is 1.53 bits per heavy atom. The minimum Gasteiger partial charge on any atom is -0.378 e. The number of aromatic nitrogens is 4. The fourth-order valence-electron chi connectivity index (χ4n) is 2.90. The summed E-state index contributed by atoms with van der Waals surface area (Å²) in [5, 5.41) is 4.55. The molecule has 1 N–H and O–H groups in total. The lowest BCUT2D eigenvalue weighted by Crippen LogP contribution is -2.19. The Morgan fingerprint density at radius 3 is 2.95 bits per heavy atom. The molecule has 2 unspecified atom stereocenters. The quantitative estimate of drug-likeness (QED) is 0.879. The van der Waals surface area contributed by atoms with Gasteiger partial charge in [0.1, 0.15) is 5.52 Å². The third kappa shape index (κ3) is 2.03. The second-order valence-electron chi connectivity index (χ2n) is 5.27. The van der Waals surface area contributed by atoms with Crippen molar-refractivity contribution in [1.29, 1.82) is 0 Å². The van der Waals surface area contributed by atoms with Crippen LogP contribution in [0.4, 0.5) is 0 Å². The average molecular weight is 280 g/mol. The minimum absolute atomic E-state index is 0.311. The van der Waals surface area contributed by atoms with Crippen LogP contribution in [0.25, 0.3) is 11.2 Å². The number of imidazole rings is 1. The summed E-state index contributed by atoms with van der Waals surface area (Å²) in [5.41, 5.74) is 3.19. The maximum Gasteiger partial charge on any atom is 0.179 e. The zero-order valence-corrected chi connectivity index (χ0v) is 12.5. The van der Waals surface area contributed by atoms with Crippen LogP contribution in [0.3, 0.4) is 0 Å². The van der Waals surface area contributed by atoms with Gasteiger partial charge in [-0.25, -0.2) is 4.68 Å². The number of rotatable bonds is 3. The summed E-state index contributed by atoms with van der Waals surface area (Å²) in [6.45, 7) is 8.89. The molecular formula is C13H20N4OS. The van der Waals surface area contributed by atoms with E-state index in [-0.39, 0.29) is 0 Å². The number of aryl methyl sites for hydroxylation is 2. The Kier molecular flexibility index (Phi) is 3.22. The fourth-order valence-corrected chi connectivity index (χ4v) is 3.16. The van der Waals surface area contributed by atoms with Gasteiger partial charge < -0.3 is 14.3 Å². The number of nitrogens with one attached hydrogen (secondary N) is 1. The molecule has 6 heteroatoms. The largest absolute Gasteiger partial charge is 0.378 e. The Hall–Kier alpha value is -1.14. The zero-order valence-electron chi connectivity index (χ0n) is 11.6. The first-order valence-corrected chi connectivity index (χ1v) is 7.30. The van der Waals surface area contributed by atoms with E-state index in [4.69, 9.17) is 17.0 Å². The van der Waals surface area contributed by atoms with E-state index < -0.39 is 0 Å². The highest BCUT2D eigenvalue weighted by Crippen LogP contribution is 2.25. The standard InChI is InChI=1S/C13H20N4OS/c1-4-17-12-11(8(2)15-17)14-13(19)16(12)7-10-5-6-18-9(10)3/h9-10H,4-7H2,1-3H3,(H,14,19). The summed E-state index contributed by atoms with van der Waals surface area (Å²) in [6.07, 6.45) is 1.42. The van der Waals surface area contributed by atoms with Gasteiger partial charge in [0, 0.05) is 25.6 Å². The molecular weight excluding hydrogens is 260 g/mol. The van der Waals surface area contributed by atoms with Crippen LogP contribution in [-0.2, 0) is 17.8 Å². The van der Waals surface area contributed by atoms with Crippen LogP contribution >= 0.6 is 12.2 Å². The van der Waals surface area contributed by atoms with Crippen LogP contribution in [0.5, 0.6) is 0 Å². The molecule has 0 saturated carbocycles. The molecule has 0 spiro atoms. The summed E-state index contributed by atoms with van der Waals surface area (Å²) in [7, 11) is 0. The van der Waals surface area contributed by atoms with E-state index in [1.54, 1.807) is 0 Å². The lowest BCUT2D eigenvalue weighted by atomic mass is 10.0. The molecule has 0 amide bonds. The van der Waals surface area contributed by atoms with E-state index in [0.717, 1.165) is 47.7 Å². The van der Waals surface area contributed by atoms with Crippen LogP contribution in [0.2, 0.25) is 0 Å². The zero-order chi connectivity index (χ0) is 13.6. The Labute approximate surface area is 117 Å². The molecule has 3 heterocycles. The fraction of sp³-hybridized carbons (Fsp3) is 0.692. The Bertz CT molecular complexity index is 653. The summed E-state index contributed by atoms with van der Waals surface area (Å²) in [6, 6.07) is 0. The number of hydrogen-bond donors (Lipinski definition) is 1. The highest BCUT2D eigenvalue weighted by molar-refractivity contribution is 7.71. The molecule has 2 aromatic heterocycles. The SMILES string of the molecule is CCn1nc(C)c2[nH]c(=S)n(CC3CCOC3C)c21. The van der Waals surface area contributed by atoms with Crippen molar-refractivity contribution in [3.63, 3.8) is 0 Å². The molecule has 3 rings (SSSR count). The van der Waals surface area contributed by atoms with Gasteiger partial charge in [-0.15, -0.1) is 0 Å². The van der Waals surface area contributed by atoms with Crippen LogP contribution in [0, 0.1) is 17.6 Å². The van der Waals surface area contributed by atoms with Gasteiger partial charge in [0.15, 0.2) is 10.4 Å². The molecule has 5 nitrogen and oxygen atoms in total. The van der Waals surface area contributed by atoms with Gasteiger partial charge in [-0.3, -0.25) is 0 Å². The van der Waals surface area contributed by atoms with Crippen molar-refractivity contribution >= 4 is 23.4 Å². The molecule has 0 bridgehead atoms. The van der Waals surface area contributed by atoms with Crippen molar-refractivity contribution in [2.75, 3.05) is 6.61 Å². The van der Waals surface area contributed by atoms with Gasteiger partial charge in [0.25, 0.3) is 0 Å². The lowest BCUT2D eigenvalue weighted by molar-refractivity contribution is 0.102. The first-order chi connectivity index (χ1) is 9.11. The van der Waals surface area contributed by atoms with Crippen LogP contribution in [0.1, 0.15) is 26.0 Å². The number of fused-ring (bicyclic) bond motifs is 1. The maximum atomic E-state index is 5.65. The van der Waals surface area contributed by atoms with Crippen molar-refractivity contribution in [3.05, 3.63) is 10.5 Å². The maximum absolute atomic E-state index is 5.65. The van der Waals surface area contributed by atoms with Crippen molar-refractivity contribution < 1.29 is 4.74 Å². The van der Waals surface area contributed by atoms with Crippen LogP contribution < -0.4 is 0 Å². The molecule has 19 heavy (non-hydrogen) atoms. The lowest BCUT2D eigenvalue weighted by Gasteiger charge is -2.15. The second-order valence-corrected chi connectivity index (χ2v) is 5.65. The van der Waals surface area contributed by atoms with Gasteiger partial charge in [-0.2, -0.15) is 5.10 Å². The van der Waals surface area contributed by atoms with Crippen LogP contribution in [-0.4, -0.2) is 32.0 Å². The molecule has 2 aromatic rings. The molecule has 1 fully saturated rings. The first-order valence-electron chi connectivity index (χ1n) is 6.89. The van der Waals surface area contributed by atoms with Crippen LogP contribution in [0.15, 0.2) is 0 Å². The summed E-state index contributed by atoms with van der Waals surface area (Å²) in [4.78, 5) is 3.29. The molecule has 0 aliphatic carbocycles. The van der Waals surface area contributed by atoms with E-state index >= 15 is 0 Å². The highest BCUT2D eigenvalue weighted by atomic mass is 32.1. The topological polar surface area (TPSA) is 47.8 Å². The minimum atomic E-state index is 0.311. The van der Waals surface area contributed by atoms with E-state index in [0.29, 0.717) is 12.0 Å². The van der Waals surface area contributed by atoms with Crippen molar-refractivity contribution in [3.8, 4) is 0 Å². The highest BCUT2D eigenvalue weighted by Gasteiger charge is 2.26. The molecule has 104 valence electrons. The predicted molar refractivity (Wildman–Crippen MR) is 76.8 cm³/mol. The second kappa shape index (κ2) is 4.76. The van der Waals surface area contributed by atoms with Gasteiger partial charge in [-0.1, -0.05) is 0 Å². The molecule has 0 aromatic carbocycles. The summed E-state index contributed by atoms with van der Waals surface area (Å²) >= 11 is 5.47. The van der Waals surface area contributed by atoms with Gasteiger partial charge in [-0.05, 0) is 39.4 Å². The smallest absolute Gasteiger partial charge is 0.179 e. The van der Waals surface area contributed by atoms with E-state index in [2.05, 4.69) is 28.5 Å². The Morgan fingerprint density at radius 2 is 2.32 bits per heavy atom. The third-order valence-electron chi connectivity index (χ3n) is 4.08. The Balaban J connectivity index is 2.07. The van der Waals surface area contributed by atoms with Gasteiger partial charge in [0.05, 0.1) is 11.8 Å². The molecule has 1 aliphatic heterocycles. The van der Waals surface area contributed by atoms with E-state index in [9.17, 15) is 0 Å². The number of aromatic amines is 1. The predicted octanol–water partition coefficient (Wildman–Crippen LogP) is 2.65. The van der Waals surface area contributed by atoms with E-state index in [1.807, 2.05) is 11.6 Å². The number of hydrogen-bond acceptors (Lipinski definition) is 3. The average Bonchev–Trinajstić information content (AvgIpc) is 3.01. The number of nitrogens with zero attached hydrogens (tertiary/aromatic N) is 3. The summed E-state index contributed by atoms with van der Waals surface area (Å²) < 4.78 is 10.6. The van der Waals surface area contributed by atoms with E-state index in [1.165, 1.54) is 0 Å². The number of ether oxygens (including phenoxy) is 1. The molecule has 1 aliphatic rings. The van der Waals surface area contributed by atoms with Crippen molar-refractivity contribution in [2.24, 2.45) is 5.92 Å². The molecule has 0 radical (unpaired) electrons. The summed E-state index contributed by atoms with van der Waals surface area (Å²) in [5.74, 6) is 0.534. The van der Waals surface area contributed by atoms with Crippen molar-refractivity contribution in [1.82, 2.24) is 19.3 Å². The molecule has 1 saturated heterocycles. The first kappa shape index (κ1) is 12.9. The van der Waals surface area contributed by atoms with Crippen molar-refractivity contribution in [2.45, 2.75) is 46.4 Å². The number of H-pyrrole nitrogens is 1.